The predicted molar refractivity (Wildman–Crippen MR) is 131 cm³/mol. The van der Waals surface area contributed by atoms with E-state index in [9.17, 15) is 10.1 Å². The highest BCUT2D eigenvalue weighted by Gasteiger charge is 2.33. The van der Waals surface area contributed by atoms with Crippen LogP contribution in [0.25, 0.3) is 0 Å². The van der Waals surface area contributed by atoms with E-state index in [0.717, 1.165) is 17.5 Å². The van der Waals surface area contributed by atoms with E-state index in [4.69, 9.17) is 24.7 Å². The molecule has 1 unspecified atom stereocenters. The summed E-state index contributed by atoms with van der Waals surface area (Å²) in [5, 5.41) is 9.87. The molecule has 0 saturated carbocycles. The Morgan fingerprint density at radius 2 is 1.74 bits per heavy atom. The summed E-state index contributed by atoms with van der Waals surface area (Å²) >= 11 is 0. The van der Waals surface area contributed by atoms with Crippen molar-refractivity contribution in [2.75, 3.05) is 13.2 Å². The average Bonchev–Trinajstić information content (AvgIpc) is 2.87. The number of esters is 1. The summed E-state index contributed by atoms with van der Waals surface area (Å²) in [6, 6.07) is 21.7. The number of benzene rings is 3. The Hall–Kier alpha value is -4.44. The lowest BCUT2D eigenvalue weighted by molar-refractivity contribution is 0.0730. The Morgan fingerprint density at radius 3 is 2.49 bits per heavy atom. The van der Waals surface area contributed by atoms with Crippen molar-refractivity contribution in [1.82, 2.24) is 0 Å². The van der Waals surface area contributed by atoms with Crippen molar-refractivity contribution in [2.24, 2.45) is 5.73 Å². The Morgan fingerprint density at radius 1 is 1.00 bits per heavy atom. The number of nitrogens with zero attached hydrogens (tertiary/aromatic N) is 1. The molecule has 7 heteroatoms. The summed E-state index contributed by atoms with van der Waals surface area (Å²) in [5.74, 6) is 0.767. The number of allylic oxidation sites excluding steroid dienone is 1. The van der Waals surface area contributed by atoms with E-state index in [2.05, 4.69) is 6.07 Å². The SMILES string of the molecule is CCCOc1ccccc1C1C(C#N)=C(N)Oc2cc(OC(=O)c3ccccc3OCC)ccc21. The molecule has 4 rings (SSSR count). The Labute approximate surface area is 204 Å². The molecule has 1 atom stereocenters. The van der Waals surface area contributed by atoms with Gasteiger partial charge in [0.15, 0.2) is 0 Å². The zero-order valence-electron chi connectivity index (χ0n) is 19.6. The highest BCUT2D eigenvalue weighted by molar-refractivity contribution is 5.94. The molecule has 35 heavy (non-hydrogen) atoms. The van der Waals surface area contributed by atoms with Gasteiger partial charge in [-0.2, -0.15) is 5.26 Å². The third-order valence-electron chi connectivity index (χ3n) is 5.50. The number of nitrogens with two attached hydrogens (primary N) is 1. The fourth-order valence-corrected chi connectivity index (χ4v) is 3.96. The van der Waals surface area contributed by atoms with Gasteiger partial charge in [-0.3, -0.25) is 0 Å². The lowest BCUT2D eigenvalue weighted by Crippen LogP contribution is -2.21. The van der Waals surface area contributed by atoms with Gasteiger partial charge in [0, 0.05) is 17.2 Å². The second-order valence-corrected chi connectivity index (χ2v) is 7.83. The standard InChI is InChI=1S/C28H26N2O5/c1-3-15-33-23-11-7-5-9-19(23)26-20-14-13-18(16-25(20)35-27(30)22(26)17-29)34-28(31)21-10-6-8-12-24(21)32-4-2/h5-14,16,26H,3-4,15,30H2,1-2H3. The van der Waals surface area contributed by atoms with Gasteiger partial charge in [-0.1, -0.05) is 43.3 Å². The van der Waals surface area contributed by atoms with Gasteiger partial charge in [-0.15, -0.1) is 0 Å². The third-order valence-corrected chi connectivity index (χ3v) is 5.50. The zero-order valence-corrected chi connectivity index (χ0v) is 19.6. The predicted octanol–water partition coefficient (Wildman–Crippen LogP) is 5.31. The molecular weight excluding hydrogens is 444 g/mol. The molecule has 0 radical (unpaired) electrons. The second-order valence-electron chi connectivity index (χ2n) is 7.83. The number of hydrogen-bond acceptors (Lipinski definition) is 7. The first-order valence-corrected chi connectivity index (χ1v) is 11.4. The smallest absolute Gasteiger partial charge is 0.347 e. The Kier molecular flexibility index (Phi) is 7.22. The normalized spacial score (nSPS) is 14.4. The minimum Gasteiger partial charge on any atom is -0.493 e. The fraction of sp³-hybridized carbons (Fsp3) is 0.214. The van der Waals surface area contributed by atoms with Crippen LogP contribution in [0.5, 0.6) is 23.0 Å². The van der Waals surface area contributed by atoms with Crippen LogP contribution in [0.4, 0.5) is 0 Å². The van der Waals surface area contributed by atoms with Gasteiger partial charge in [-0.25, -0.2) is 4.79 Å². The first-order valence-electron chi connectivity index (χ1n) is 11.4. The molecule has 0 spiro atoms. The first-order chi connectivity index (χ1) is 17.1. The number of carbonyl (C=O) groups excluding carboxylic acids is 1. The monoisotopic (exact) mass is 470 g/mol. The molecule has 178 valence electrons. The van der Waals surface area contributed by atoms with Crippen molar-refractivity contribution >= 4 is 5.97 Å². The van der Waals surface area contributed by atoms with Gasteiger partial charge in [0.05, 0.1) is 19.1 Å². The largest absolute Gasteiger partial charge is 0.493 e. The van der Waals surface area contributed by atoms with E-state index in [1.807, 2.05) is 38.1 Å². The van der Waals surface area contributed by atoms with Crippen molar-refractivity contribution in [1.29, 1.82) is 5.26 Å². The molecular formula is C28H26N2O5. The van der Waals surface area contributed by atoms with Crippen molar-refractivity contribution in [2.45, 2.75) is 26.2 Å². The highest BCUT2D eigenvalue weighted by atomic mass is 16.5. The van der Waals surface area contributed by atoms with Crippen LogP contribution in [0.1, 0.15) is 47.7 Å². The zero-order chi connectivity index (χ0) is 24.8. The van der Waals surface area contributed by atoms with Gasteiger partial charge < -0.3 is 24.7 Å². The lowest BCUT2D eigenvalue weighted by Gasteiger charge is -2.28. The molecule has 1 aliphatic heterocycles. The van der Waals surface area contributed by atoms with Crippen LogP contribution in [-0.2, 0) is 0 Å². The van der Waals surface area contributed by atoms with Gasteiger partial charge in [-0.05, 0) is 37.6 Å². The van der Waals surface area contributed by atoms with Crippen LogP contribution in [0.15, 0.2) is 78.2 Å². The van der Waals surface area contributed by atoms with Crippen molar-refractivity contribution < 1.29 is 23.7 Å². The molecule has 0 aliphatic carbocycles. The number of ether oxygens (including phenoxy) is 4. The lowest BCUT2D eigenvalue weighted by atomic mass is 9.83. The Bertz CT molecular complexity index is 1310. The van der Waals surface area contributed by atoms with E-state index >= 15 is 0 Å². The van der Waals surface area contributed by atoms with Crippen LogP contribution in [-0.4, -0.2) is 19.2 Å². The number of para-hydroxylation sites is 2. The molecule has 0 saturated heterocycles. The molecule has 1 aliphatic rings. The topological polar surface area (TPSA) is 104 Å². The summed E-state index contributed by atoms with van der Waals surface area (Å²) in [4.78, 5) is 12.8. The maximum Gasteiger partial charge on any atom is 0.347 e. The number of hydrogen-bond donors (Lipinski definition) is 1. The Balaban J connectivity index is 1.69. The van der Waals surface area contributed by atoms with E-state index in [1.54, 1.807) is 42.5 Å². The molecule has 0 bridgehead atoms. The maximum absolute atomic E-state index is 12.8. The quantitative estimate of drug-likeness (QED) is 0.351. The molecule has 0 amide bonds. The molecule has 0 fully saturated rings. The minimum atomic E-state index is -0.555. The van der Waals surface area contributed by atoms with E-state index in [1.165, 1.54) is 0 Å². The highest BCUT2D eigenvalue weighted by Crippen LogP contribution is 2.46. The minimum absolute atomic E-state index is 0.000428. The van der Waals surface area contributed by atoms with Crippen LogP contribution < -0.4 is 24.7 Å². The third kappa shape index (κ3) is 4.92. The van der Waals surface area contributed by atoms with Crippen molar-refractivity contribution in [3.8, 4) is 29.1 Å². The number of fused-ring (bicyclic) bond motifs is 1. The van der Waals surface area contributed by atoms with E-state index in [-0.39, 0.29) is 11.6 Å². The summed E-state index contributed by atoms with van der Waals surface area (Å²) in [7, 11) is 0. The van der Waals surface area contributed by atoms with Gasteiger partial charge in [0.25, 0.3) is 0 Å². The summed E-state index contributed by atoms with van der Waals surface area (Å²) in [5.41, 5.74) is 8.28. The number of rotatable bonds is 8. The summed E-state index contributed by atoms with van der Waals surface area (Å²) in [6.45, 7) is 4.85. The summed E-state index contributed by atoms with van der Waals surface area (Å²) < 4.78 is 22.9. The molecule has 1 heterocycles. The van der Waals surface area contributed by atoms with Gasteiger partial charge in [0.1, 0.15) is 40.2 Å². The number of carbonyl (C=O) groups is 1. The second kappa shape index (κ2) is 10.7. The van der Waals surface area contributed by atoms with Gasteiger partial charge in [0.2, 0.25) is 5.88 Å². The molecule has 2 N–H and O–H groups in total. The van der Waals surface area contributed by atoms with E-state index < -0.39 is 11.9 Å². The van der Waals surface area contributed by atoms with Crippen LogP contribution in [0.2, 0.25) is 0 Å². The number of nitriles is 1. The van der Waals surface area contributed by atoms with Crippen molar-refractivity contribution in [3.05, 3.63) is 94.9 Å². The maximum atomic E-state index is 12.8. The van der Waals surface area contributed by atoms with Crippen molar-refractivity contribution in [3.63, 3.8) is 0 Å². The molecule has 3 aromatic carbocycles. The van der Waals surface area contributed by atoms with Crippen LogP contribution in [0, 0.1) is 11.3 Å². The average molecular weight is 471 g/mol. The van der Waals surface area contributed by atoms with Crippen LogP contribution in [0.3, 0.4) is 0 Å². The van der Waals surface area contributed by atoms with Gasteiger partial charge >= 0.3 is 5.97 Å². The fourth-order valence-electron chi connectivity index (χ4n) is 3.96. The van der Waals surface area contributed by atoms with E-state index in [0.29, 0.717) is 41.6 Å². The first kappa shape index (κ1) is 23.7. The van der Waals surface area contributed by atoms with Crippen LogP contribution >= 0.6 is 0 Å². The summed E-state index contributed by atoms with van der Waals surface area (Å²) in [6.07, 6.45) is 0.850. The molecule has 3 aromatic rings. The molecule has 0 aromatic heterocycles. The molecule has 7 nitrogen and oxygen atoms in total.